The molecule has 8 heteroatoms. The van der Waals surface area contributed by atoms with Gasteiger partial charge in [0.25, 0.3) is 5.91 Å². The van der Waals surface area contributed by atoms with E-state index in [2.05, 4.69) is 5.32 Å². The Morgan fingerprint density at radius 1 is 1.11 bits per heavy atom. The van der Waals surface area contributed by atoms with Crippen molar-refractivity contribution in [2.24, 2.45) is 11.8 Å². The van der Waals surface area contributed by atoms with Crippen LogP contribution in [0.5, 0.6) is 0 Å². The van der Waals surface area contributed by atoms with Crippen LogP contribution >= 0.6 is 11.6 Å². The number of halogens is 1. The molecule has 1 aliphatic carbocycles. The molecule has 1 aliphatic heterocycles. The topological polar surface area (TPSA) is 95.9 Å². The van der Waals surface area contributed by atoms with Crippen LogP contribution in [-0.4, -0.2) is 54.1 Å². The summed E-state index contributed by atoms with van der Waals surface area (Å²) in [6.07, 6.45) is 4.32. The SMILES string of the molecule is O=C(O)[C@@H]1CC=CC[C@H]1C(=O)Nc1ccc(C(=O)N2CCOCC2)c(Cl)c1. The van der Waals surface area contributed by atoms with Gasteiger partial charge in [0, 0.05) is 18.8 Å². The average Bonchev–Trinajstić information content (AvgIpc) is 2.68. The molecule has 0 unspecified atom stereocenters. The van der Waals surface area contributed by atoms with E-state index in [1.807, 2.05) is 6.08 Å². The Labute approximate surface area is 161 Å². The molecular weight excluding hydrogens is 372 g/mol. The summed E-state index contributed by atoms with van der Waals surface area (Å²) in [5, 5.41) is 12.3. The third-order valence-corrected chi connectivity index (χ3v) is 5.16. The number of anilines is 1. The summed E-state index contributed by atoms with van der Waals surface area (Å²) >= 11 is 6.26. The fraction of sp³-hybridized carbons (Fsp3) is 0.421. The standard InChI is InChI=1S/C19H21ClN2O5/c20-16-11-12(5-6-15(16)18(24)22-7-9-27-10-8-22)21-17(23)13-3-1-2-4-14(13)19(25)26/h1-2,5-6,11,13-14H,3-4,7-10H2,(H,21,23)(H,25,26)/t13-,14-/m1/s1. The van der Waals surface area contributed by atoms with E-state index >= 15 is 0 Å². The number of aliphatic carboxylic acids is 1. The Kier molecular flexibility index (Phi) is 6.13. The van der Waals surface area contributed by atoms with Crippen molar-refractivity contribution >= 4 is 35.1 Å². The van der Waals surface area contributed by atoms with Crippen LogP contribution in [0.4, 0.5) is 5.69 Å². The fourth-order valence-electron chi connectivity index (χ4n) is 3.31. The number of amides is 2. The number of morpholine rings is 1. The molecule has 2 amide bonds. The molecule has 0 saturated carbocycles. The minimum atomic E-state index is -0.982. The van der Waals surface area contributed by atoms with Gasteiger partial charge in [-0.05, 0) is 31.0 Å². The first-order chi connectivity index (χ1) is 13.0. The van der Waals surface area contributed by atoms with Crippen molar-refractivity contribution in [2.45, 2.75) is 12.8 Å². The monoisotopic (exact) mass is 392 g/mol. The number of nitrogens with zero attached hydrogens (tertiary/aromatic N) is 1. The first-order valence-corrected chi connectivity index (χ1v) is 9.20. The van der Waals surface area contributed by atoms with Gasteiger partial charge in [-0.2, -0.15) is 0 Å². The number of allylic oxidation sites excluding steroid dienone is 2. The minimum absolute atomic E-state index is 0.176. The van der Waals surface area contributed by atoms with Crippen LogP contribution in [0.2, 0.25) is 5.02 Å². The maximum absolute atomic E-state index is 12.5. The Hall–Kier alpha value is -2.38. The zero-order chi connectivity index (χ0) is 19.4. The van der Waals surface area contributed by atoms with Crippen molar-refractivity contribution in [1.29, 1.82) is 0 Å². The molecule has 2 N–H and O–H groups in total. The molecule has 7 nitrogen and oxygen atoms in total. The van der Waals surface area contributed by atoms with Crippen molar-refractivity contribution in [3.05, 3.63) is 40.9 Å². The lowest BCUT2D eigenvalue weighted by Crippen LogP contribution is -2.40. The van der Waals surface area contributed by atoms with Gasteiger partial charge in [-0.3, -0.25) is 14.4 Å². The lowest BCUT2D eigenvalue weighted by molar-refractivity contribution is -0.146. The second-order valence-corrected chi connectivity index (χ2v) is 6.99. The van der Waals surface area contributed by atoms with E-state index in [1.54, 1.807) is 23.1 Å². The molecule has 0 bridgehead atoms. The molecule has 1 fully saturated rings. The minimum Gasteiger partial charge on any atom is -0.481 e. The van der Waals surface area contributed by atoms with Gasteiger partial charge in [0.15, 0.2) is 0 Å². The second kappa shape index (κ2) is 8.54. The highest BCUT2D eigenvalue weighted by atomic mass is 35.5. The molecule has 1 heterocycles. The molecule has 27 heavy (non-hydrogen) atoms. The summed E-state index contributed by atoms with van der Waals surface area (Å²) in [5.74, 6) is -2.91. The molecule has 0 spiro atoms. The molecule has 2 aliphatic rings. The molecule has 2 atom stereocenters. The van der Waals surface area contributed by atoms with Crippen molar-refractivity contribution in [2.75, 3.05) is 31.6 Å². The van der Waals surface area contributed by atoms with E-state index in [1.165, 1.54) is 6.07 Å². The van der Waals surface area contributed by atoms with Crippen LogP contribution in [0.3, 0.4) is 0 Å². The number of hydrogen-bond donors (Lipinski definition) is 2. The summed E-state index contributed by atoms with van der Waals surface area (Å²) in [6, 6.07) is 4.69. The first-order valence-electron chi connectivity index (χ1n) is 8.82. The van der Waals surface area contributed by atoms with E-state index in [-0.39, 0.29) is 16.8 Å². The number of hydrogen-bond acceptors (Lipinski definition) is 4. The highest BCUT2D eigenvalue weighted by Crippen LogP contribution is 2.28. The quantitative estimate of drug-likeness (QED) is 0.767. The predicted octanol–water partition coefficient (Wildman–Crippen LogP) is 2.42. The number of ether oxygens (including phenoxy) is 1. The van der Waals surface area contributed by atoms with Crippen LogP contribution < -0.4 is 5.32 Å². The molecule has 3 rings (SSSR count). The molecule has 1 saturated heterocycles. The Balaban J connectivity index is 1.70. The van der Waals surface area contributed by atoms with Gasteiger partial charge >= 0.3 is 5.97 Å². The predicted molar refractivity (Wildman–Crippen MR) is 99.8 cm³/mol. The number of carbonyl (C=O) groups is 3. The molecule has 1 aromatic carbocycles. The number of carboxylic acids is 1. The van der Waals surface area contributed by atoms with Gasteiger partial charge < -0.3 is 20.1 Å². The maximum atomic E-state index is 12.5. The lowest BCUT2D eigenvalue weighted by Gasteiger charge is -2.27. The second-order valence-electron chi connectivity index (χ2n) is 6.58. The molecular formula is C19H21ClN2O5. The van der Waals surface area contributed by atoms with Crippen LogP contribution in [0.15, 0.2) is 30.4 Å². The van der Waals surface area contributed by atoms with Crippen LogP contribution in [0.25, 0.3) is 0 Å². The molecule has 0 aromatic heterocycles. The molecule has 1 aromatic rings. The smallest absolute Gasteiger partial charge is 0.307 e. The van der Waals surface area contributed by atoms with Crippen molar-refractivity contribution in [3.8, 4) is 0 Å². The number of carboxylic acid groups (broad SMARTS) is 1. The first kappa shape index (κ1) is 19.4. The molecule has 0 radical (unpaired) electrons. The van der Waals surface area contributed by atoms with Crippen molar-refractivity contribution in [1.82, 2.24) is 4.90 Å². The summed E-state index contributed by atoms with van der Waals surface area (Å²) in [4.78, 5) is 38.1. The van der Waals surface area contributed by atoms with Gasteiger partial charge in [0.05, 0.1) is 35.6 Å². The van der Waals surface area contributed by atoms with Crippen LogP contribution in [0.1, 0.15) is 23.2 Å². The van der Waals surface area contributed by atoms with E-state index < -0.39 is 17.8 Å². The van der Waals surface area contributed by atoms with Gasteiger partial charge in [-0.1, -0.05) is 23.8 Å². The maximum Gasteiger partial charge on any atom is 0.307 e. The third kappa shape index (κ3) is 4.48. The number of nitrogens with one attached hydrogen (secondary N) is 1. The normalized spacial score (nSPS) is 22.3. The van der Waals surface area contributed by atoms with Gasteiger partial charge in [-0.25, -0.2) is 0 Å². The average molecular weight is 393 g/mol. The van der Waals surface area contributed by atoms with Crippen molar-refractivity contribution in [3.63, 3.8) is 0 Å². The Morgan fingerprint density at radius 2 is 1.78 bits per heavy atom. The highest BCUT2D eigenvalue weighted by Gasteiger charge is 2.34. The zero-order valence-corrected chi connectivity index (χ0v) is 15.4. The van der Waals surface area contributed by atoms with E-state index in [9.17, 15) is 19.5 Å². The highest BCUT2D eigenvalue weighted by molar-refractivity contribution is 6.34. The summed E-state index contributed by atoms with van der Waals surface area (Å²) in [7, 11) is 0. The number of benzene rings is 1. The lowest BCUT2D eigenvalue weighted by atomic mass is 9.82. The van der Waals surface area contributed by atoms with E-state index in [0.29, 0.717) is 50.4 Å². The van der Waals surface area contributed by atoms with Crippen molar-refractivity contribution < 1.29 is 24.2 Å². The Morgan fingerprint density at radius 3 is 2.41 bits per heavy atom. The fourth-order valence-corrected chi connectivity index (χ4v) is 3.58. The largest absolute Gasteiger partial charge is 0.481 e. The summed E-state index contributed by atoms with van der Waals surface area (Å²) in [5.41, 5.74) is 0.794. The Bertz CT molecular complexity index is 773. The number of carbonyl (C=O) groups excluding carboxylic acids is 2. The van der Waals surface area contributed by atoms with Gasteiger partial charge in [0.1, 0.15) is 0 Å². The third-order valence-electron chi connectivity index (χ3n) is 4.85. The van der Waals surface area contributed by atoms with Crippen LogP contribution in [0, 0.1) is 11.8 Å². The summed E-state index contributed by atoms with van der Waals surface area (Å²) in [6.45, 7) is 2.02. The van der Waals surface area contributed by atoms with Gasteiger partial charge in [0.2, 0.25) is 5.91 Å². The molecule has 144 valence electrons. The number of rotatable bonds is 4. The van der Waals surface area contributed by atoms with E-state index in [4.69, 9.17) is 16.3 Å². The van der Waals surface area contributed by atoms with Crippen LogP contribution in [-0.2, 0) is 14.3 Å². The van der Waals surface area contributed by atoms with Gasteiger partial charge in [-0.15, -0.1) is 0 Å². The van der Waals surface area contributed by atoms with E-state index in [0.717, 1.165) is 0 Å². The summed E-state index contributed by atoms with van der Waals surface area (Å²) < 4.78 is 5.24. The zero-order valence-electron chi connectivity index (χ0n) is 14.7.